The maximum Gasteiger partial charge on any atom is 0.306 e. The fourth-order valence-electron chi connectivity index (χ4n) is 1.85. The largest absolute Gasteiger partial charge is 0.467 e. The minimum atomic E-state index is -0.346. The Hall–Kier alpha value is -1.55. The lowest BCUT2D eigenvalue weighted by Crippen LogP contribution is -2.11. The first kappa shape index (κ1) is 11.0. The standard InChI is InChI=1S/C12H14O4/c13-8-15-11-4-2-1-3-9(11)7-10-5-6-12(14)16-10/h1-4,10,13H,5-8H2. The van der Waals surface area contributed by atoms with Crippen molar-refractivity contribution in [2.24, 2.45) is 0 Å². The van der Waals surface area contributed by atoms with Gasteiger partial charge in [-0.2, -0.15) is 0 Å². The normalized spacial score (nSPS) is 19.6. The van der Waals surface area contributed by atoms with E-state index in [0.29, 0.717) is 18.6 Å². The number of benzene rings is 1. The monoisotopic (exact) mass is 222 g/mol. The summed E-state index contributed by atoms with van der Waals surface area (Å²) in [5.74, 6) is 0.513. The van der Waals surface area contributed by atoms with Gasteiger partial charge in [0.1, 0.15) is 11.9 Å². The fourth-order valence-corrected chi connectivity index (χ4v) is 1.85. The lowest BCUT2D eigenvalue weighted by atomic mass is 10.0. The molecule has 1 unspecified atom stereocenters. The van der Waals surface area contributed by atoms with Crippen molar-refractivity contribution in [3.05, 3.63) is 29.8 Å². The number of hydrogen-bond acceptors (Lipinski definition) is 4. The SMILES string of the molecule is O=C1CCC(Cc2ccccc2OCO)O1. The van der Waals surface area contributed by atoms with E-state index in [9.17, 15) is 4.79 Å². The highest BCUT2D eigenvalue weighted by molar-refractivity contribution is 5.71. The van der Waals surface area contributed by atoms with Crippen molar-refractivity contribution >= 4 is 5.97 Å². The van der Waals surface area contributed by atoms with E-state index in [1.807, 2.05) is 18.2 Å². The van der Waals surface area contributed by atoms with Crippen LogP contribution >= 0.6 is 0 Å². The van der Waals surface area contributed by atoms with Gasteiger partial charge in [-0.25, -0.2) is 0 Å². The van der Waals surface area contributed by atoms with Crippen molar-refractivity contribution in [2.45, 2.75) is 25.4 Å². The fraction of sp³-hybridized carbons (Fsp3) is 0.417. The van der Waals surface area contributed by atoms with Crippen LogP contribution in [0.1, 0.15) is 18.4 Å². The van der Waals surface area contributed by atoms with Gasteiger partial charge in [0.15, 0.2) is 6.79 Å². The predicted octanol–water partition coefficient (Wildman–Crippen LogP) is 1.26. The van der Waals surface area contributed by atoms with Crippen molar-refractivity contribution in [1.82, 2.24) is 0 Å². The van der Waals surface area contributed by atoms with Crippen LogP contribution in [-0.2, 0) is 16.0 Å². The number of para-hydroxylation sites is 1. The van der Waals surface area contributed by atoms with Crippen LogP contribution in [0.5, 0.6) is 5.75 Å². The Morgan fingerprint density at radius 1 is 1.44 bits per heavy atom. The molecule has 0 radical (unpaired) electrons. The van der Waals surface area contributed by atoms with Gasteiger partial charge in [0.2, 0.25) is 0 Å². The zero-order valence-electron chi connectivity index (χ0n) is 8.89. The highest BCUT2D eigenvalue weighted by atomic mass is 16.6. The molecular formula is C12H14O4. The minimum absolute atomic E-state index is 0.0593. The molecular weight excluding hydrogens is 208 g/mol. The van der Waals surface area contributed by atoms with E-state index >= 15 is 0 Å². The molecule has 1 fully saturated rings. The number of aliphatic hydroxyl groups is 1. The summed E-state index contributed by atoms with van der Waals surface area (Å²) in [6, 6.07) is 7.45. The smallest absolute Gasteiger partial charge is 0.306 e. The zero-order valence-corrected chi connectivity index (χ0v) is 8.89. The number of carbonyl (C=O) groups excluding carboxylic acids is 1. The van der Waals surface area contributed by atoms with E-state index in [-0.39, 0.29) is 18.9 Å². The molecule has 1 N–H and O–H groups in total. The van der Waals surface area contributed by atoms with Gasteiger partial charge in [-0.1, -0.05) is 18.2 Å². The van der Waals surface area contributed by atoms with Gasteiger partial charge in [-0.05, 0) is 18.1 Å². The Morgan fingerprint density at radius 2 is 2.25 bits per heavy atom. The maximum absolute atomic E-state index is 11.0. The number of esters is 1. The van der Waals surface area contributed by atoms with Crippen LogP contribution in [-0.4, -0.2) is 24.0 Å². The Kier molecular flexibility index (Phi) is 3.41. The molecule has 4 nitrogen and oxygen atoms in total. The third-order valence-electron chi connectivity index (χ3n) is 2.61. The van der Waals surface area contributed by atoms with Crippen LogP contribution in [0, 0.1) is 0 Å². The molecule has 1 aromatic carbocycles. The van der Waals surface area contributed by atoms with Crippen molar-refractivity contribution in [2.75, 3.05) is 6.79 Å². The van der Waals surface area contributed by atoms with Crippen molar-refractivity contribution in [1.29, 1.82) is 0 Å². The van der Waals surface area contributed by atoms with E-state index in [1.54, 1.807) is 6.07 Å². The molecule has 4 heteroatoms. The quantitative estimate of drug-likeness (QED) is 0.615. The molecule has 0 amide bonds. The summed E-state index contributed by atoms with van der Waals surface area (Å²) in [6.07, 6.45) is 1.83. The van der Waals surface area contributed by atoms with E-state index in [1.165, 1.54) is 0 Å². The zero-order chi connectivity index (χ0) is 11.4. The Balaban J connectivity index is 2.05. The molecule has 0 aliphatic carbocycles. The van der Waals surface area contributed by atoms with Gasteiger partial charge >= 0.3 is 5.97 Å². The summed E-state index contributed by atoms with van der Waals surface area (Å²) in [5, 5.41) is 8.74. The number of ether oxygens (including phenoxy) is 2. The third-order valence-corrected chi connectivity index (χ3v) is 2.61. The van der Waals surface area contributed by atoms with Gasteiger partial charge < -0.3 is 14.6 Å². The van der Waals surface area contributed by atoms with Crippen molar-refractivity contribution in [3.8, 4) is 5.75 Å². The Bertz CT molecular complexity index is 375. The molecule has 1 aromatic rings. The first-order valence-corrected chi connectivity index (χ1v) is 5.30. The highest BCUT2D eigenvalue weighted by Crippen LogP contribution is 2.24. The number of aliphatic hydroxyl groups excluding tert-OH is 1. The molecule has 1 heterocycles. The maximum atomic E-state index is 11.0. The molecule has 0 bridgehead atoms. The molecule has 16 heavy (non-hydrogen) atoms. The first-order valence-electron chi connectivity index (χ1n) is 5.30. The molecule has 0 spiro atoms. The second kappa shape index (κ2) is 4.99. The molecule has 1 aliphatic heterocycles. The number of cyclic esters (lactones) is 1. The predicted molar refractivity (Wildman–Crippen MR) is 57.0 cm³/mol. The van der Waals surface area contributed by atoms with E-state index in [0.717, 1.165) is 12.0 Å². The van der Waals surface area contributed by atoms with Gasteiger partial charge in [-0.3, -0.25) is 4.79 Å². The van der Waals surface area contributed by atoms with E-state index in [2.05, 4.69) is 0 Å². The second-order valence-electron chi connectivity index (χ2n) is 3.74. The molecule has 0 aromatic heterocycles. The number of carbonyl (C=O) groups is 1. The summed E-state index contributed by atoms with van der Waals surface area (Å²) >= 11 is 0. The molecule has 1 atom stereocenters. The topological polar surface area (TPSA) is 55.8 Å². The summed E-state index contributed by atoms with van der Waals surface area (Å²) in [6.45, 7) is -0.346. The summed E-state index contributed by atoms with van der Waals surface area (Å²) in [4.78, 5) is 11.0. The minimum Gasteiger partial charge on any atom is -0.467 e. The van der Waals surface area contributed by atoms with Crippen LogP contribution in [0.4, 0.5) is 0 Å². The lowest BCUT2D eigenvalue weighted by Gasteiger charge is -2.12. The van der Waals surface area contributed by atoms with Crippen LogP contribution in [0.15, 0.2) is 24.3 Å². The first-order chi connectivity index (χ1) is 7.79. The Labute approximate surface area is 93.8 Å². The molecule has 86 valence electrons. The van der Waals surface area contributed by atoms with E-state index < -0.39 is 0 Å². The molecule has 1 aliphatic rings. The van der Waals surface area contributed by atoms with E-state index in [4.69, 9.17) is 14.6 Å². The summed E-state index contributed by atoms with van der Waals surface area (Å²) < 4.78 is 10.2. The Morgan fingerprint density at radius 3 is 2.94 bits per heavy atom. The molecule has 1 saturated heterocycles. The number of rotatable bonds is 4. The summed E-state index contributed by atoms with van der Waals surface area (Å²) in [7, 11) is 0. The number of hydrogen-bond donors (Lipinski definition) is 1. The summed E-state index contributed by atoms with van der Waals surface area (Å²) in [5.41, 5.74) is 0.955. The van der Waals surface area contributed by atoms with Gasteiger partial charge in [0.25, 0.3) is 0 Å². The molecule has 0 saturated carbocycles. The van der Waals surface area contributed by atoms with Crippen LogP contribution < -0.4 is 4.74 Å². The average Bonchev–Trinajstić information content (AvgIpc) is 2.67. The van der Waals surface area contributed by atoms with Crippen LogP contribution in [0.3, 0.4) is 0 Å². The lowest BCUT2D eigenvalue weighted by molar-refractivity contribution is -0.141. The third kappa shape index (κ3) is 2.52. The second-order valence-corrected chi connectivity index (χ2v) is 3.74. The molecule has 2 rings (SSSR count). The van der Waals surface area contributed by atoms with Crippen LogP contribution in [0.2, 0.25) is 0 Å². The van der Waals surface area contributed by atoms with Crippen molar-refractivity contribution < 1.29 is 19.4 Å². The van der Waals surface area contributed by atoms with Crippen molar-refractivity contribution in [3.63, 3.8) is 0 Å². The van der Waals surface area contributed by atoms with Gasteiger partial charge in [-0.15, -0.1) is 0 Å². The van der Waals surface area contributed by atoms with Gasteiger partial charge in [0.05, 0.1) is 0 Å². The highest BCUT2D eigenvalue weighted by Gasteiger charge is 2.24. The van der Waals surface area contributed by atoms with Crippen LogP contribution in [0.25, 0.3) is 0 Å². The van der Waals surface area contributed by atoms with Gasteiger partial charge in [0, 0.05) is 12.8 Å². The average molecular weight is 222 g/mol.